The fourth-order valence-electron chi connectivity index (χ4n) is 3.42. The van der Waals surface area contributed by atoms with Crippen molar-refractivity contribution in [3.63, 3.8) is 0 Å². The number of nitrogens with one attached hydrogen (secondary N) is 1. The largest absolute Gasteiger partial charge is 0.349 e. The Balaban J connectivity index is 1.34. The first-order chi connectivity index (χ1) is 12.7. The monoisotopic (exact) mass is 351 g/mol. The Bertz CT molecular complexity index is 878. The predicted octanol–water partition coefficient (Wildman–Crippen LogP) is 1.99. The molecule has 0 bridgehead atoms. The molecular formula is C18H21N7O. The van der Waals surface area contributed by atoms with Gasteiger partial charge in [0.2, 0.25) is 0 Å². The maximum Gasteiger partial charge on any atom is 0.254 e. The van der Waals surface area contributed by atoms with Gasteiger partial charge >= 0.3 is 0 Å². The van der Waals surface area contributed by atoms with Gasteiger partial charge in [-0.1, -0.05) is 0 Å². The van der Waals surface area contributed by atoms with E-state index in [0.29, 0.717) is 11.6 Å². The van der Waals surface area contributed by atoms with Crippen molar-refractivity contribution in [1.29, 1.82) is 0 Å². The zero-order chi connectivity index (χ0) is 17.9. The summed E-state index contributed by atoms with van der Waals surface area (Å²) in [4.78, 5) is 20.5. The fourth-order valence-corrected chi connectivity index (χ4v) is 3.42. The summed E-state index contributed by atoms with van der Waals surface area (Å²) in [5, 5.41) is 11.7. The minimum Gasteiger partial charge on any atom is -0.349 e. The van der Waals surface area contributed by atoms with Crippen molar-refractivity contribution in [3.8, 4) is 11.3 Å². The molecule has 134 valence electrons. The number of rotatable bonds is 4. The summed E-state index contributed by atoms with van der Waals surface area (Å²) in [6.07, 6.45) is 14.4. The topological polar surface area (TPSA) is 90.5 Å². The second kappa shape index (κ2) is 7.07. The van der Waals surface area contributed by atoms with Gasteiger partial charge in [-0.2, -0.15) is 10.2 Å². The van der Waals surface area contributed by atoms with Gasteiger partial charge in [-0.3, -0.25) is 14.2 Å². The first-order valence-electron chi connectivity index (χ1n) is 8.79. The molecule has 0 aromatic carbocycles. The number of carbonyl (C=O) groups excluding carboxylic acids is 1. The molecule has 4 rings (SSSR count). The molecule has 0 radical (unpaired) electrons. The van der Waals surface area contributed by atoms with E-state index >= 15 is 0 Å². The predicted molar refractivity (Wildman–Crippen MR) is 95.2 cm³/mol. The number of aryl methyl sites for hydroxylation is 1. The van der Waals surface area contributed by atoms with Crippen LogP contribution in [0.4, 0.5) is 0 Å². The molecule has 3 aromatic rings. The van der Waals surface area contributed by atoms with Crippen LogP contribution in [0.3, 0.4) is 0 Å². The summed E-state index contributed by atoms with van der Waals surface area (Å²) in [5.74, 6) is -0.0494. The normalized spacial score (nSPS) is 20.0. The molecule has 1 saturated carbocycles. The van der Waals surface area contributed by atoms with Crippen LogP contribution in [0.25, 0.3) is 11.3 Å². The molecule has 1 amide bonds. The van der Waals surface area contributed by atoms with Crippen molar-refractivity contribution in [2.75, 3.05) is 0 Å². The Kier molecular flexibility index (Phi) is 4.47. The first-order valence-corrected chi connectivity index (χ1v) is 8.79. The second-order valence-electron chi connectivity index (χ2n) is 6.69. The lowest BCUT2D eigenvalue weighted by Crippen LogP contribution is -2.37. The van der Waals surface area contributed by atoms with Crippen molar-refractivity contribution in [3.05, 3.63) is 48.9 Å². The smallest absolute Gasteiger partial charge is 0.254 e. The number of aromatic nitrogens is 6. The van der Waals surface area contributed by atoms with E-state index < -0.39 is 0 Å². The lowest BCUT2D eigenvalue weighted by atomic mass is 9.91. The van der Waals surface area contributed by atoms with Gasteiger partial charge in [-0.15, -0.1) is 0 Å². The molecule has 0 aliphatic heterocycles. The lowest BCUT2D eigenvalue weighted by molar-refractivity contribution is 0.0921. The molecule has 26 heavy (non-hydrogen) atoms. The summed E-state index contributed by atoms with van der Waals surface area (Å²) < 4.78 is 3.66. The van der Waals surface area contributed by atoms with Gasteiger partial charge in [0, 0.05) is 37.2 Å². The van der Waals surface area contributed by atoms with Gasteiger partial charge in [-0.25, -0.2) is 9.97 Å². The van der Waals surface area contributed by atoms with Crippen LogP contribution in [-0.4, -0.2) is 41.5 Å². The third-order valence-corrected chi connectivity index (χ3v) is 4.85. The van der Waals surface area contributed by atoms with Gasteiger partial charge in [0.25, 0.3) is 5.91 Å². The van der Waals surface area contributed by atoms with E-state index in [1.54, 1.807) is 29.6 Å². The maximum absolute atomic E-state index is 12.2. The van der Waals surface area contributed by atoms with E-state index in [2.05, 4.69) is 25.5 Å². The first kappa shape index (κ1) is 16.4. The molecule has 0 unspecified atom stereocenters. The summed E-state index contributed by atoms with van der Waals surface area (Å²) in [6.45, 7) is 0. The Labute approximate surface area is 151 Å². The van der Waals surface area contributed by atoms with E-state index in [0.717, 1.165) is 36.9 Å². The van der Waals surface area contributed by atoms with Crippen LogP contribution in [0.1, 0.15) is 42.1 Å². The average molecular weight is 351 g/mol. The summed E-state index contributed by atoms with van der Waals surface area (Å²) in [5.41, 5.74) is 2.49. The van der Waals surface area contributed by atoms with Crippen LogP contribution in [-0.2, 0) is 7.05 Å². The number of amides is 1. The van der Waals surface area contributed by atoms with Crippen molar-refractivity contribution in [2.24, 2.45) is 7.05 Å². The Morgan fingerprint density at radius 3 is 2.69 bits per heavy atom. The molecule has 1 N–H and O–H groups in total. The van der Waals surface area contributed by atoms with E-state index in [1.807, 2.05) is 30.2 Å². The SMILES string of the molecule is Cn1cc(C(=O)NC2CCC(n3cc(-c4ccncn4)cn3)CC2)cn1. The zero-order valence-electron chi connectivity index (χ0n) is 14.6. The molecule has 1 aliphatic rings. The van der Waals surface area contributed by atoms with E-state index in [4.69, 9.17) is 0 Å². The van der Waals surface area contributed by atoms with Crippen LogP contribution < -0.4 is 5.32 Å². The number of hydrogen-bond donors (Lipinski definition) is 1. The van der Waals surface area contributed by atoms with Gasteiger partial charge in [0.1, 0.15) is 6.33 Å². The zero-order valence-corrected chi connectivity index (χ0v) is 14.6. The van der Waals surface area contributed by atoms with Gasteiger partial charge < -0.3 is 5.32 Å². The van der Waals surface area contributed by atoms with Gasteiger partial charge in [-0.05, 0) is 31.7 Å². The molecule has 1 fully saturated rings. The van der Waals surface area contributed by atoms with E-state index in [1.165, 1.54) is 0 Å². The molecule has 0 spiro atoms. The third-order valence-electron chi connectivity index (χ3n) is 4.85. The fraction of sp³-hybridized carbons (Fsp3) is 0.389. The summed E-state index contributed by atoms with van der Waals surface area (Å²) >= 11 is 0. The highest BCUT2D eigenvalue weighted by Crippen LogP contribution is 2.29. The number of hydrogen-bond acceptors (Lipinski definition) is 5. The lowest BCUT2D eigenvalue weighted by Gasteiger charge is -2.29. The standard InChI is InChI=1S/C18H21N7O/c1-24-10-14(9-21-24)18(26)23-15-2-4-16(5-3-15)25-11-13(8-22-25)17-6-7-19-12-20-17/h6-12,15-16H,2-5H2,1H3,(H,23,26). The quantitative estimate of drug-likeness (QED) is 0.776. The van der Waals surface area contributed by atoms with Crippen molar-refractivity contribution < 1.29 is 4.79 Å². The van der Waals surface area contributed by atoms with Crippen molar-refractivity contribution in [1.82, 2.24) is 34.8 Å². The molecule has 8 heteroatoms. The van der Waals surface area contributed by atoms with Crippen LogP contribution in [0.2, 0.25) is 0 Å². The summed E-state index contributed by atoms with van der Waals surface area (Å²) in [7, 11) is 1.81. The minimum atomic E-state index is -0.0494. The van der Waals surface area contributed by atoms with Crippen molar-refractivity contribution in [2.45, 2.75) is 37.8 Å². The van der Waals surface area contributed by atoms with Crippen molar-refractivity contribution >= 4 is 5.91 Å². The summed E-state index contributed by atoms with van der Waals surface area (Å²) in [6, 6.07) is 2.44. The maximum atomic E-state index is 12.2. The van der Waals surface area contributed by atoms with Crippen LogP contribution in [0.15, 0.2) is 43.4 Å². The third kappa shape index (κ3) is 3.49. The molecule has 8 nitrogen and oxygen atoms in total. The molecule has 1 aliphatic carbocycles. The Hall–Kier alpha value is -3.03. The van der Waals surface area contributed by atoms with Crippen LogP contribution >= 0.6 is 0 Å². The minimum absolute atomic E-state index is 0.0494. The second-order valence-corrected chi connectivity index (χ2v) is 6.69. The molecule has 0 atom stereocenters. The van der Waals surface area contributed by atoms with E-state index in [9.17, 15) is 4.79 Å². The Morgan fingerprint density at radius 1 is 1.15 bits per heavy atom. The van der Waals surface area contributed by atoms with Crippen LogP contribution in [0.5, 0.6) is 0 Å². The van der Waals surface area contributed by atoms with Crippen LogP contribution in [0, 0.1) is 0 Å². The van der Waals surface area contributed by atoms with E-state index in [-0.39, 0.29) is 11.9 Å². The Morgan fingerprint density at radius 2 is 2.00 bits per heavy atom. The number of nitrogens with zero attached hydrogens (tertiary/aromatic N) is 6. The van der Waals surface area contributed by atoms with Gasteiger partial charge in [0.05, 0.1) is 29.7 Å². The molecule has 3 heterocycles. The molecule has 3 aromatic heterocycles. The highest BCUT2D eigenvalue weighted by molar-refractivity contribution is 5.93. The average Bonchev–Trinajstić information content (AvgIpc) is 3.32. The highest BCUT2D eigenvalue weighted by atomic mass is 16.1. The molecular weight excluding hydrogens is 330 g/mol. The molecule has 0 saturated heterocycles. The highest BCUT2D eigenvalue weighted by Gasteiger charge is 2.24. The van der Waals surface area contributed by atoms with Gasteiger partial charge in [0.15, 0.2) is 0 Å². The number of carbonyl (C=O) groups is 1.